The molecule has 2 aromatic rings. The molecule has 0 saturated carbocycles. The predicted octanol–water partition coefficient (Wildman–Crippen LogP) is 0.130. The van der Waals surface area contributed by atoms with Crippen LogP contribution >= 0.6 is 15.6 Å². The topological polar surface area (TPSA) is 219 Å². The smallest absolute Gasteiger partial charge is 0.387 e. The molecule has 3 rings (SSSR count). The number of nitrogens with zero attached hydrogens (tertiary/aromatic N) is 4. The zero-order chi connectivity index (χ0) is 23.7. The summed E-state index contributed by atoms with van der Waals surface area (Å²) in [6.07, 6.45) is -1.94. The number of anilines is 1. The van der Waals surface area contributed by atoms with Crippen molar-refractivity contribution in [3.8, 4) is 0 Å². The first-order valence-corrected chi connectivity index (χ1v) is 12.6. The van der Waals surface area contributed by atoms with Crippen molar-refractivity contribution in [3.63, 3.8) is 0 Å². The van der Waals surface area contributed by atoms with E-state index in [-0.39, 0.29) is 0 Å². The molecular weight excluding hydrogens is 472 g/mol. The molecule has 32 heavy (non-hydrogen) atoms. The molecule has 17 heteroatoms. The lowest BCUT2D eigenvalue weighted by molar-refractivity contribution is -0.0503. The number of phosphoric ester groups is 1. The maximum Gasteiger partial charge on any atom is 0.481 e. The van der Waals surface area contributed by atoms with Crippen LogP contribution in [0.1, 0.15) is 26.5 Å². The number of aliphatic hydroxyl groups is 2. The van der Waals surface area contributed by atoms with Gasteiger partial charge in [-0.15, -0.1) is 0 Å². The van der Waals surface area contributed by atoms with Gasteiger partial charge in [0.2, 0.25) is 0 Å². The quantitative estimate of drug-likeness (QED) is 0.240. The third-order valence-electron chi connectivity index (χ3n) is 4.90. The third kappa shape index (κ3) is 5.88. The highest BCUT2D eigenvalue weighted by atomic mass is 31.3. The molecule has 3 heterocycles. The number of aromatic nitrogens is 4. The second-order valence-corrected chi connectivity index (χ2v) is 10.2. The van der Waals surface area contributed by atoms with E-state index in [9.17, 15) is 24.2 Å². The van der Waals surface area contributed by atoms with E-state index >= 15 is 0 Å². The van der Waals surface area contributed by atoms with Crippen molar-refractivity contribution in [2.24, 2.45) is 5.92 Å². The molecule has 6 atom stereocenters. The Labute approximate surface area is 182 Å². The second-order valence-electron chi connectivity index (χ2n) is 7.32. The van der Waals surface area contributed by atoms with E-state index in [0.717, 1.165) is 6.42 Å². The largest absolute Gasteiger partial charge is 0.481 e. The van der Waals surface area contributed by atoms with Gasteiger partial charge in [0.05, 0.1) is 12.9 Å². The van der Waals surface area contributed by atoms with Gasteiger partial charge in [-0.3, -0.25) is 9.09 Å². The molecular formula is C15H25N5O10P2. The Morgan fingerprint density at radius 1 is 1.22 bits per heavy atom. The van der Waals surface area contributed by atoms with Crippen molar-refractivity contribution in [2.75, 3.05) is 18.5 Å². The van der Waals surface area contributed by atoms with Gasteiger partial charge in [-0.05, 0) is 5.92 Å². The highest BCUT2D eigenvalue weighted by molar-refractivity contribution is 7.60. The van der Waals surface area contributed by atoms with Crippen LogP contribution in [0.4, 0.5) is 5.82 Å². The van der Waals surface area contributed by atoms with E-state index < -0.39 is 46.8 Å². The summed E-state index contributed by atoms with van der Waals surface area (Å²) in [5.41, 5.74) is 0.720. The first kappa shape index (κ1) is 25.1. The Bertz CT molecular complexity index is 1030. The van der Waals surface area contributed by atoms with E-state index in [1.165, 1.54) is 17.2 Å². The third-order valence-corrected chi connectivity index (χ3v) is 7.05. The Morgan fingerprint density at radius 2 is 1.94 bits per heavy atom. The standard InChI is InChI=1S/C15H25N5O10P2/c1-3-8(2)4-16-13-10-14(18-6-17-13)20(7-19-10)15-12(22)11(21)9(29-15)5-28-32(26,27)30-31(23,24)25/h6-9,11-12,15,21-22H,3-5H2,1-2H3,(H,26,27)(H,16,17,18)(H2,23,24,25)/t8?,9-,11-,12-,15-/m1/s1. The van der Waals surface area contributed by atoms with Crippen LogP contribution in [0, 0.1) is 5.92 Å². The van der Waals surface area contributed by atoms with Crippen LogP contribution in [0.2, 0.25) is 0 Å². The van der Waals surface area contributed by atoms with Gasteiger partial charge in [0.25, 0.3) is 0 Å². The van der Waals surface area contributed by atoms with E-state index in [1.807, 2.05) is 0 Å². The van der Waals surface area contributed by atoms with Crippen LogP contribution in [-0.4, -0.2) is 75.9 Å². The number of hydrogen-bond donors (Lipinski definition) is 6. The van der Waals surface area contributed by atoms with Gasteiger partial charge in [0.1, 0.15) is 24.6 Å². The van der Waals surface area contributed by atoms with Crippen molar-refractivity contribution >= 4 is 32.6 Å². The zero-order valence-corrected chi connectivity index (χ0v) is 18.9. The SMILES string of the molecule is CCC(C)CNc1ncnc2c1ncn2[C@@H]1O[C@H](COP(=O)(O)OP(=O)(O)O)[C@@H](O)[C@H]1O. The van der Waals surface area contributed by atoms with Gasteiger partial charge in [-0.2, -0.15) is 4.31 Å². The molecule has 1 fully saturated rings. The number of fused-ring (bicyclic) bond motifs is 1. The van der Waals surface area contributed by atoms with Gasteiger partial charge < -0.3 is 34.9 Å². The summed E-state index contributed by atoms with van der Waals surface area (Å²) in [4.78, 5) is 39.2. The van der Waals surface area contributed by atoms with Gasteiger partial charge in [0.15, 0.2) is 23.2 Å². The Hall–Kier alpha value is -1.51. The molecule has 1 aliphatic rings. The minimum atomic E-state index is -5.30. The monoisotopic (exact) mass is 497 g/mol. The van der Waals surface area contributed by atoms with Crippen LogP contribution in [0.25, 0.3) is 11.2 Å². The zero-order valence-electron chi connectivity index (χ0n) is 17.1. The summed E-state index contributed by atoms with van der Waals surface area (Å²) in [6, 6.07) is 0. The summed E-state index contributed by atoms with van der Waals surface area (Å²) in [5, 5.41) is 23.9. The molecule has 1 aliphatic heterocycles. The van der Waals surface area contributed by atoms with Crippen LogP contribution in [0.3, 0.4) is 0 Å². The van der Waals surface area contributed by atoms with Crippen LogP contribution in [0.15, 0.2) is 12.7 Å². The van der Waals surface area contributed by atoms with Crippen molar-refractivity contribution in [3.05, 3.63) is 12.7 Å². The fraction of sp³-hybridized carbons (Fsp3) is 0.667. The lowest BCUT2D eigenvalue weighted by Crippen LogP contribution is -2.33. The van der Waals surface area contributed by atoms with Crippen molar-refractivity contribution in [1.82, 2.24) is 19.5 Å². The molecule has 0 bridgehead atoms. The fourth-order valence-electron chi connectivity index (χ4n) is 3.01. The maximum atomic E-state index is 11.6. The van der Waals surface area contributed by atoms with Crippen molar-refractivity contribution in [1.29, 1.82) is 0 Å². The van der Waals surface area contributed by atoms with Crippen LogP contribution < -0.4 is 5.32 Å². The predicted molar refractivity (Wildman–Crippen MR) is 108 cm³/mol. The maximum absolute atomic E-state index is 11.6. The Morgan fingerprint density at radius 3 is 2.59 bits per heavy atom. The number of nitrogens with one attached hydrogen (secondary N) is 1. The van der Waals surface area contributed by atoms with Gasteiger partial charge in [-0.1, -0.05) is 20.3 Å². The average Bonchev–Trinajstić information content (AvgIpc) is 3.25. The molecule has 180 valence electrons. The van der Waals surface area contributed by atoms with E-state index in [0.29, 0.717) is 29.4 Å². The number of phosphoric acid groups is 2. The molecule has 1 saturated heterocycles. The number of aliphatic hydroxyl groups excluding tert-OH is 2. The Balaban J connectivity index is 1.74. The minimum absolute atomic E-state index is 0.308. The fourth-order valence-corrected chi connectivity index (χ4v) is 4.60. The molecule has 2 aromatic heterocycles. The lowest BCUT2D eigenvalue weighted by atomic mass is 10.1. The highest BCUT2D eigenvalue weighted by Crippen LogP contribution is 2.57. The first-order chi connectivity index (χ1) is 14.9. The van der Waals surface area contributed by atoms with Crippen LogP contribution in [0.5, 0.6) is 0 Å². The molecule has 0 amide bonds. The molecule has 0 radical (unpaired) electrons. The number of imidazole rings is 1. The van der Waals surface area contributed by atoms with Gasteiger partial charge in [0, 0.05) is 6.54 Å². The number of hydrogen-bond acceptors (Lipinski definition) is 11. The summed E-state index contributed by atoms with van der Waals surface area (Å²) in [5.74, 6) is 0.882. The summed E-state index contributed by atoms with van der Waals surface area (Å²) in [7, 11) is -10.4. The first-order valence-electron chi connectivity index (χ1n) is 9.59. The number of ether oxygens (including phenoxy) is 1. The Kier molecular flexibility index (Phi) is 7.67. The lowest BCUT2D eigenvalue weighted by Gasteiger charge is -2.17. The molecule has 6 N–H and O–H groups in total. The molecule has 2 unspecified atom stereocenters. The van der Waals surface area contributed by atoms with E-state index in [1.54, 1.807) is 0 Å². The van der Waals surface area contributed by atoms with E-state index in [2.05, 4.69) is 43.0 Å². The van der Waals surface area contributed by atoms with Crippen molar-refractivity contribution in [2.45, 2.75) is 44.8 Å². The summed E-state index contributed by atoms with van der Waals surface area (Å²) in [6.45, 7) is 4.00. The molecule has 0 spiro atoms. The minimum Gasteiger partial charge on any atom is -0.387 e. The highest BCUT2D eigenvalue weighted by Gasteiger charge is 2.46. The van der Waals surface area contributed by atoms with Gasteiger partial charge in [-0.25, -0.2) is 24.1 Å². The summed E-state index contributed by atoms with van der Waals surface area (Å²) < 4.78 is 37.4. The number of rotatable bonds is 10. The van der Waals surface area contributed by atoms with Gasteiger partial charge >= 0.3 is 15.6 Å². The average molecular weight is 497 g/mol. The second kappa shape index (κ2) is 9.77. The molecule has 0 aliphatic carbocycles. The summed E-state index contributed by atoms with van der Waals surface area (Å²) >= 11 is 0. The molecule has 0 aromatic carbocycles. The van der Waals surface area contributed by atoms with Crippen molar-refractivity contribution < 1.29 is 47.6 Å². The molecule has 15 nitrogen and oxygen atoms in total. The normalized spacial score (nSPS) is 26.8. The van der Waals surface area contributed by atoms with E-state index in [4.69, 9.17) is 14.5 Å². The van der Waals surface area contributed by atoms with Crippen LogP contribution in [-0.2, 0) is 22.7 Å².